The van der Waals surface area contributed by atoms with E-state index in [0.717, 1.165) is 12.8 Å². The summed E-state index contributed by atoms with van der Waals surface area (Å²) in [5.41, 5.74) is -0.0957. The normalized spacial score (nSPS) is 23.4. The summed E-state index contributed by atoms with van der Waals surface area (Å²) in [6, 6.07) is 2.17. The van der Waals surface area contributed by atoms with Crippen molar-refractivity contribution in [2.45, 2.75) is 12.8 Å². The van der Waals surface area contributed by atoms with E-state index in [9.17, 15) is 0 Å². The van der Waals surface area contributed by atoms with Crippen molar-refractivity contribution >= 4 is 11.6 Å². The molecule has 0 radical (unpaired) electrons. The molecule has 0 spiro atoms. The summed E-state index contributed by atoms with van der Waals surface area (Å²) in [4.78, 5) is 0. The topological polar surface area (TPSA) is 23.8 Å². The van der Waals surface area contributed by atoms with Gasteiger partial charge in [0.05, 0.1) is 11.5 Å². The molecule has 0 aromatic heterocycles. The molecular weight excluding hydrogens is 110 g/mol. The van der Waals surface area contributed by atoms with Gasteiger partial charge in [-0.25, -0.2) is 0 Å². The molecule has 0 amide bonds. The van der Waals surface area contributed by atoms with Gasteiger partial charge < -0.3 is 0 Å². The second-order valence-electron chi connectivity index (χ2n) is 2.03. The van der Waals surface area contributed by atoms with Crippen LogP contribution in [-0.2, 0) is 0 Å². The lowest BCUT2D eigenvalue weighted by molar-refractivity contribution is 0.777. The Morgan fingerprint density at radius 2 is 2.29 bits per heavy atom. The lowest BCUT2D eigenvalue weighted by atomic mass is 10.2. The van der Waals surface area contributed by atoms with Crippen LogP contribution in [0.25, 0.3) is 0 Å². The first-order valence-electron chi connectivity index (χ1n) is 2.30. The minimum atomic E-state index is -0.0957. The van der Waals surface area contributed by atoms with Crippen LogP contribution in [-0.4, -0.2) is 5.88 Å². The van der Waals surface area contributed by atoms with Crippen molar-refractivity contribution in [3.05, 3.63) is 0 Å². The third-order valence-electron chi connectivity index (χ3n) is 1.35. The summed E-state index contributed by atoms with van der Waals surface area (Å²) < 4.78 is 0. The zero-order chi connectivity index (χ0) is 5.33. The number of nitrogens with zero attached hydrogens (tertiary/aromatic N) is 1. The molecule has 0 aromatic carbocycles. The highest BCUT2D eigenvalue weighted by Crippen LogP contribution is 2.45. The van der Waals surface area contributed by atoms with Crippen molar-refractivity contribution in [1.82, 2.24) is 0 Å². The summed E-state index contributed by atoms with van der Waals surface area (Å²) in [7, 11) is 0. The SMILES string of the molecule is N#CC1(CCl)CC1. The van der Waals surface area contributed by atoms with Gasteiger partial charge >= 0.3 is 0 Å². The Morgan fingerprint density at radius 1 is 1.71 bits per heavy atom. The highest BCUT2D eigenvalue weighted by Gasteiger charge is 2.41. The van der Waals surface area contributed by atoms with Crippen molar-refractivity contribution in [2.75, 3.05) is 5.88 Å². The maximum absolute atomic E-state index is 8.32. The van der Waals surface area contributed by atoms with Crippen LogP contribution < -0.4 is 0 Å². The first kappa shape index (κ1) is 4.93. The summed E-state index contributed by atoms with van der Waals surface area (Å²) >= 11 is 5.43. The zero-order valence-corrected chi connectivity index (χ0v) is 4.70. The predicted molar refractivity (Wildman–Crippen MR) is 28.0 cm³/mol. The molecule has 1 aliphatic rings. The maximum atomic E-state index is 8.32. The molecule has 1 fully saturated rings. The predicted octanol–water partition coefficient (Wildman–Crippen LogP) is 1.53. The van der Waals surface area contributed by atoms with Crippen LogP contribution in [0.4, 0.5) is 0 Å². The van der Waals surface area contributed by atoms with E-state index < -0.39 is 0 Å². The highest BCUT2D eigenvalue weighted by molar-refractivity contribution is 6.18. The first-order valence-corrected chi connectivity index (χ1v) is 2.84. The fraction of sp³-hybridized carbons (Fsp3) is 0.800. The molecule has 38 valence electrons. The van der Waals surface area contributed by atoms with E-state index in [2.05, 4.69) is 6.07 Å². The van der Waals surface area contributed by atoms with E-state index in [-0.39, 0.29) is 5.41 Å². The number of nitriles is 1. The van der Waals surface area contributed by atoms with Crippen molar-refractivity contribution in [1.29, 1.82) is 5.26 Å². The smallest absolute Gasteiger partial charge is 0.0710 e. The largest absolute Gasteiger partial charge is 0.198 e. The molecule has 0 unspecified atom stereocenters. The molecule has 2 heteroatoms. The number of hydrogen-bond acceptors (Lipinski definition) is 1. The molecule has 0 aromatic rings. The second kappa shape index (κ2) is 1.38. The van der Waals surface area contributed by atoms with Crippen molar-refractivity contribution in [2.24, 2.45) is 5.41 Å². The van der Waals surface area contributed by atoms with Gasteiger partial charge in [0, 0.05) is 5.88 Å². The van der Waals surface area contributed by atoms with E-state index in [1.54, 1.807) is 0 Å². The minimum Gasteiger partial charge on any atom is -0.198 e. The quantitative estimate of drug-likeness (QED) is 0.476. The first-order chi connectivity index (χ1) is 3.33. The zero-order valence-electron chi connectivity index (χ0n) is 3.95. The molecule has 0 atom stereocenters. The van der Waals surface area contributed by atoms with Crippen LogP contribution in [0, 0.1) is 16.7 Å². The van der Waals surface area contributed by atoms with Crippen LogP contribution in [0.1, 0.15) is 12.8 Å². The molecule has 0 bridgehead atoms. The van der Waals surface area contributed by atoms with Gasteiger partial charge in [-0.3, -0.25) is 0 Å². The summed E-state index contributed by atoms with van der Waals surface area (Å²) in [5.74, 6) is 0.517. The maximum Gasteiger partial charge on any atom is 0.0710 e. The average molecular weight is 116 g/mol. The minimum absolute atomic E-state index is 0.0957. The Morgan fingerprint density at radius 3 is 2.29 bits per heavy atom. The van der Waals surface area contributed by atoms with E-state index in [1.807, 2.05) is 0 Å². The van der Waals surface area contributed by atoms with Crippen LogP contribution >= 0.6 is 11.6 Å². The Labute approximate surface area is 47.9 Å². The Kier molecular flexibility index (Phi) is 0.972. The summed E-state index contributed by atoms with van der Waals surface area (Å²) in [6.07, 6.45) is 2.01. The van der Waals surface area contributed by atoms with Gasteiger partial charge in [0.1, 0.15) is 0 Å². The monoisotopic (exact) mass is 115 g/mol. The average Bonchev–Trinajstić information content (AvgIpc) is 2.46. The molecule has 0 heterocycles. The van der Waals surface area contributed by atoms with Gasteiger partial charge in [-0.1, -0.05) is 0 Å². The van der Waals surface area contributed by atoms with E-state index >= 15 is 0 Å². The van der Waals surface area contributed by atoms with Gasteiger partial charge in [0.15, 0.2) is 0 Å². The highest BCUT2D eigenvalue weighted by atomic mass is 35.5. The van der Waals surface area contributed by atoms with Gasteiger partial charge in [-0.15, -0.1) is 11.6 Å². The fourth-order valence-electron chi connectivity index (χ4n) is 0.426. The lowest BCUT2D eigenvalue weighted by Gasteiger charge is -1.91. The molecule has 1 nitrogen and oxygen atoms in total. The van der Waals surface area contributed by atoms with Gasteiger partial charge in [-0.05, 0) is 12.8 Å². The fourth-order valence-corrected chi connectivity index (χ4v) is 0.753. The molecule has 0 aliphatic heterocycles. The van der Waals surface area contributed by atoms with Gasteiger partial charge in [0.2, 0.25) is 0 Å². The molecular formula is C5H6ClN. The third kappa shape index (κ3) is 0.711. The molecule has 1 saturated carbocycles. The molecule has 7 heavy (non-hydrogen) atoms. The third-order valence-corrected chi connectivity index (χ3v) is 1.86. The van der Waals surface area contributed by atoms with Crippen molar-refractivity contribution in [3.8, 4) is 6.07 Å². The second-order valence-corrected chi connectivity index (χ2v) is 2.29. The molecule has 0 saturated heterocycles. The van der Waals surface area contributed by atoms with Crippen LogP contribution in [0.15, 0.2) is 0 Å². The van der Waals surface area contributed by atoms with E-state index in [4.69, 9.17) is 16.9 Å². The molecule has 1 aliphatic carbocycles. The Balaban J connectivity index is 2.47. The number of halogens is 1. The van der Waals surface area contributed by atoms with Crippen molar-refractivity contribution < 1.29 is 0 Å². The molecule has 0 N–H and O–H groups in total. The number of hydrogen-bond donors (Lipinski definition) is 0. The Bertz CT molecular complexity index is 110. The van der Waals surface area contributed by atoms with Crippen LogP contribution in [0.3, 0.4) is 0 Å². The van der Waals surface area contributed by atoms with Crippen LogP contribution in [0.2, 0.25) is 0 Å². The number of alkyl halides is 1. The van der Waals surface area contributed by atoms with Gasteiger partial charge in [0.25, 0.3) is 0 Å². The van der Waals surface area contributed by atoms with Gasteiger partial charge in [-0.2, -0.15) is 5.26 Å². The lowest BCUT2D eigenvalue weighted by Crippen LogP contribution is -1.94. The summed E-state index contributed by atoms with van der Waals surface area (Å²) in [6.45, 7) is 0. The number of rotatable bonds is 1. The summed E-state index contributed by atoms with van der Waals surface area (Å²) in [5, 5.41) is 8.32. The van der Waals surface area contributed by atoms with E-state index in [1.165, 1.54) is 0 Å². The van der Waals surface area contributed by atoms with Crippen molar-refractivity contribution in [3.63, 3.8) is 0 Å². The van der Waals surface area contributed by atoms with E-state index in [0.29, 0.717) is 5.88 Å². The molecule has 1 rings (SSSR count). The van der Waals surface area contributed by atoms with Crippen LogP contribution in [0.5, 0.6) is 0 Å². The Hall–Kier alpha value is -0.220. The standard InChI is InChI=1S/C5H6ClN/c6-3-5(4-7)1-2-5/h1-3H2.